The zero-order valence-corrected chi connectivity index (χ0v) is 16.6. The lowest BCUT2D eigenvalue weighted by atomic mass is 9.98. The van der Waals surface area contributed by atoms with Crippen molar-refractivity contribution in [2.45, 2.75) is 33.4 Å². The largest absolute Gasteiger partial charge is 0.493 e. The first kappa shape index (κ1) is 19.9. The molecular weight excluding hydrogens is 360 g/mol. The van der Waals surface area contributed by atoms with Gasteiger partial charge in [-0.2, -0.15) is 0 Å². The number of carbonyl (C=O) groups is 1. The van der Waals surface area contributed by atoms with Gasteiger partial charge in [-0.05, 0) is 24.5 Å². The van der Waals surface area contributed by atoms with Gasteiger partial charge >= 0.3 is 5.97 Å². The zero-order valence-electron chi connectivity index (χ0n) is 16.6. The van der Waals surface area contributed by atoms with Crippen molar-refractivity contribution in [3.8, 4) is 17.0 Å². The smallest absolute Gasteiger partial charge is 0.341 e. The van der Waals surface area contributed by atoms with Crippen molar-refractivity contribution in [3.05, 3.63) is 45.7 Å². The van der Waals surface area contributed by atoms with Gasteiger partial charge in [0.25, 0.3) is 0 Å². The van der Waals surface area contributed by atoms with Crippen molar-refractivity contribution >= 4 is 11.7 Å². The molecule has 0 amide bonds. The molecule has 2 aromatic rings. The first-order valence-corrected chi connectivity index (χ1v) is 9.36. The minimum atomic E-state index is -1.22. The molecule has 0 fully saturated rings. The summed E-state index contributed by atoms with van der Waals surface area (Å²) in [5.74, 6) is -0.268. The fraction of sp³-hybridized carbons (Fsp3) is 0.429. The lowest BCUT2D eigenvalue weighted by molar-refractivity contribution is 0.0694. The van der Waals surface area contributed by atoms with E-state index in [0.29, 0.717) is 18.9 Å². The highest BCUT2D eigenvalue weighted by molar-refractivity contribution is 5.88. The third-order valence-electron chi connectivity index (χ3n) is 4.89. The van der Waals surface area contributed by atoms with Crippen molar-refractivity contribution in [1.82, 2.24) is 4.57 Å². The number of nitrogens with zero attached hydrogens (tertiary/aromatic N) is 1. The Morgan fingerprint density at radius 3 is 2.68 bits per heavy atom. The second kappa shape index (κ2) is 8.06. The maximum atomic E-state index is 12.3. The fourth-order valence-corrected chi connectivity index (χ4v) is 3.43. The minimum absolute atomic E-state index is 0.170. The second-order valence-electron chi connectivity index (χ2n) is 7.34. The highest BCUT2D eigenvalue weighted by Crippen LogP contribution is 2.41. The normalized spacial score (nSPS) is 15.0. The lowest BCUT2D eigenvalue weighted by Gasteiger charge is -2.35. The van der Waals surface area contributed by atoms with Gasteiger partial charge in [-0.3, -0.25) is 4.79 Å². The van der Waals surface area contributed by atoms with E-state index in [1.54, 1.807) is 7.11 Å². The summed E-state index contributed by atoms with van der Waals surface area (Å²) in [5, 5.41) is 12.8. The van der Waals surface area contributed by atoms with Crippen LogP contribution in [0.4, 0.5) is 5.69 Å². The van der Waals surface area contributed by atoms with Crippen LogP contribution in [-0.4, -0.2) is 36.0 Å². The van der Waals surface area contributed by atoms with Gasteiger partial charge in [0.05, 0.1) is 12.3 Å². The molecule has 1 aromatic carbocycles. The summed E-state index contributed by atoms with van der Waals surface area (Å²) in [5.41, 5.74) is 2.65. The van der Waals surface area contributed by atoms with Crippen LogP contribution in [0.15, 0.2) is 29.2 Å². The number of ether oxygens (including phenoxy) is 2. The van der Waals surface area contributed by atoms with Crippen molar-refractivity contribution in [2.75, 3.05) is 25.6 Å². The van der Waals surface area contributed by atoms with Crippen LogP contribution in [0.1, 0.15) is 42.4 Å². The van der Waals surface area contributed by atoms with E-state index in [-0.39, 0.29) is 17.6 Å². The molecule has 0 spiro atoms. The quantitative estimate of drug-likeness (QED) is 0.708. The molecule has 0 radical (unpaired) electrons. The highest BCUT2D eigenvalue weighted by atomic mass is 16.5. The fourth-order valence-electron chi connectivity index (χ4n) is 3.43. The summed E-state index contributed by atoms with van der Waals surface area (Å²) in [7, 11) is 1.66. The van der Waals surface area contributed by atoms with Gasteiger partial charge in [-0.25, -0.2) is 4.79 Å². The number of anilines is 1. The van der Waals surface area contributed by atoms with Gasteiger partial charge in [0.15, 0.2) is 5.43 Å². The number of methoxy groups -OCH3 is 1. The Hall–Kier alpha value is -2.80. The number of rotatable bonds is 7. The minimum Gasteiger partial charge on any atom is -0.493 e. The third-order valence-corrected chi connectivity index (χ3v) is 4.89. The molecule has 28 heavy (non-hydrogen) atoms. The average Bonchev–Trinajstić information content (AvgIpc) is 2.64. The van der Waals surface area contributed by atoms with Gasteiger partial charge in [0.1, 0.15) is 17.5 Å². The van der Waals surface area contributed by atoms with Crippen LogP contribution in [0.5, 0.6) is 5.75 Å². The first-order chi connectivity index (χ1) is 13.3. The number of aryl methyl sites for hydroxylation is 1. The maximum Gasteiger partial charge on any atom is 0.341 e. The SMILES string of the molecule is COCCCOc1cc2c(cc1C)-c1cc(=O)c(C(=O)O)cn1C(C(C)C)N2. The first-order valence-electron chi connectivity index (χ1n) is 9.36. The molecule has 1 unspecified atom stereocenters. The van der Waals surface area contributed by atoms with Crippen molar-refractivity contribution in [2.24, 2.45) is 5.92 Å². The summed E-state index contributed by atoms with van der Waals surface area (Å²) in [6.07, 6.45) is 2.06. The van der Waals surface area contributed by atoms with E-state index in [1.807, 2.05) is 37.5 Å². The van der Waals surface area contributed by atoms with E-state index in [0.717, 1.165) is 29.0 Å². The molecule has 0 aliphatic carbocycles. The molecule has 150 valence electrons. The monoisotopic (exact) mass is 386 g/mol. The molecule has 1 atom stereocenters. The Kier molecular flexibility index (Phi) is 5.74. The summed E-state index contributed by atoms with van der Waals surface area (Å²) in [6.45, 7) is 7.23. The molecule has 0 bridgehead atoms. The highest BCUT2D eigenvalue weighted by Gasteiger charge is 2.28. The zero-order chi connectivity index (χ0) is 20.4. The van der Waals surface area contributed by atoms with Crippen molar-refractivity contribution < 1.29 is 19.4 Å². The number of carboxylic acid groups (broad SMARTS) is 1. The number of nitrogens with one attached hydrogen (secondary N) is 1. The molecule has 2 N–H and O–H groups in total. The number of fused-ring (bicyclic) bond motifs is 3. The van der Waals surface area contributed by atoms with Crippen LogP contribution >= 0.6 is 0 Å². The number of carboxylic acids is 1. The van der Waals surface area contributed by atoms with Crippen LogP contribution in [0.3, 0.4) is 0 Å². The molecular formula is C21H26N2O5. The van der Waals surface area contributed by atoms with Crippen LogP contribution in [0, 0.1) is 12.8 Å². The van der Waals surface area contributed by atoms with E-state index >= 15 is 0 Å². The Bertz CT molecular complexity index is 949. The second-order valence-corrected chi connectivity index (χ2v) is 7.34. The van der Waals surface area contributed by atoms with Gasteiger partial charge < -0.3 is 24.5 Å². The number of benzene rings is 1. The number of hydrogen-bond acceptors (Lipinski definition) is 5. The topological polar surface area (TPSA) is 89.8 Å². The molecule has 1 aromatic heterocycles. The predicted octanol–water partition coefficient (Wildman–Crippen LogP) is 3.52. The van der Waals surface area contributed by atoms with E-state index < -0.39 is 11.4 Å². The standard InChI is InChI=1S/C21H26N2O5/c1-12(2)20-22-16-9-19(28-7-5-6-27-4)13(3)8-14(16)17-10-18(24)15(21(25)26)11-23(17)20/h8-12,20,22H,5-7H2,1-4H3,(H,25,26). The maximum absolute atomic E-state index is 12.3. The number of aromatic nitrogens is 1. The predicted molar refractivity (Wildman–Crippen MR) is 107 cm³/mol. The van der Waals surface area contributed by atoms with Gasteiger partial charge in [0, 0.05) is 49.7 Å². The third kappa shape index (κ3) is 3.75. The van der Waals surface area contributed by atoms with Gasteiger partial charge in [-0.15, -0.1) is 0 Å². The molecule has 1 aliphatic rings. The molecule has 3 rings (SSSR count). The summed E-state index contributed by atoms with van der Waals surface area (Å²) in [6, 6.07) is 5.33. The van der Waals surface area contributed by atoms with Crippen molar-refractivity contribution in [1.29, 1.82) is 0 Å². The molecule has 7 heteroatoms. The van der Waals surface area contributed by atoms with Gasteiger partial charge in [-0.1, -0.05) is 13.8 Å². The Morgan fingerprint density at radius 1 is 1.29 bits per heavy atom. The molecule has 0 saturated carbocycles. The van der Waals surface area contributed by atoms with Crippen molar-refractivity contribution in [3.63, 3.8) is 0 Å². The number of hydrogen-bond donors (Lipinski definition) is 2. The van der Waals surface area contributed by atoms with Gasteiger partial charge in [0.2, 0.25) is 0 Å². The molecule has 1 aliphatic heterocycles. The van der Waals surface area contributed by atoms with E-state index in [1.165, 1.54) is 12.3 Å². The average molecular weight is 386 g/mol. The molecule has 2 heterocycles. The van der Waals surface area contributed by atoms with E-state index in [9.17, 15) is 14.7 Å². The molecule has 0 saturated heterocycles. The Morgan fingerprint density at radius 2 is 2.04 bits per heavy atom. The molecule has 7 nitrogen and oxygen atoms in total. The Balaban J connectivity index is 2.07. The summed E-state index contributed by atoms with van der Waals surface area (Å²) >= 11 is 0. The number of pyridine rings is 1. The van der Waals surface area contributed by atoms with Crippen LogP contribution in [0.2, 0.25) is 0 Å². The summed E-state index contributed by atoms with van der Waals surface area (Å²) < 4.78 is 12.8. The summed E-state index contributed by atoms with van der Waals surface area (Å²) in [4.78, 5) is 23.7. The Labute approximate surface area is 163 Å². The van der Waals surface area contributed by atoms with E-state index in [2.05, 4.69) is 5.32 Å². The lowest BCUT2D eigenvalue weighted by Crippen LogP contribution is -2.31. The van der Waals surface area contributed by atoms with E-state index in [4.69, 9.17) is 9.47 Å². The number of aromatic carboxylic acids is 1. The van der Waals surface area contributed by atoms with Crippen LogP contribution in [-0.2, 0) is 4.74 Å². The van der Waals surface area contributed by atoms with Crippen LogP contribution < -0.4 is 15.5 Å². The van der Waals surface area contributed by atoms with Crippen LogP contribution in [0.25, 0.3) is 11.3 Å².